The average Bonchev–Trinajstić information content (AvgIpc) is 3.59. The van der Waals surface area contributed by atoms with E-state index in [0.29, 0.717) is 28.8 Å². The number of nitrogens with zero attached hydrogens (tertiary/aromatic N) is 8. The van der Waals surface area contributed by atoms with Crippen molar-refractivity contribution in [2.24, 2.45) is 11.8 Å². The number of halogens is 2. The van der Waals surface area contributed by atoms with Gasteiger partial charge in [0, 0.05) is 74.9 Å². The first kappa shape index (κ1) is 37.7. The van der Waals surface area contributed by atoms with Gasteiger partial charge in [-0.25, -0.2) is 33.6 Å². The minimum atomic E-state index is -2.88. The summed E-state index contributed by atoms with van der Waals surface area (Å²) in [7, 11) is 0. The van der Waals surface area contributed by atoms with Gasteiger partial charge in [0.25, 0.3) is 18.2 Å². The second kappa shape index (κ2) is 15.8. The number of benzene rings is 1. The van der Waals surface area contributed by atoms with E-state index in [1.807, 2.05) is 18.2 Å². The molecule has 18 heteroatoms. The molecule has 4 fully saturated rings. The number of hydrogen-bond acceptors (Lipinski definition) is 11. The zero-order valence-corrected chi connectivity index (χ0v) is 31.9. The van der Waals surface area contributed by atoms with Crippen LogP contribution in [0.25, 0.3) is 11.5 Å². The number of pyridine rings is 1. The molecule has 5 aliphatic rings. The van der Waals surface area contributed by atoms with Crippen LogP contribution >= 0.6 is 0 Å². The summed E-state index contributed by atoms with van der Waals surface area (Å²) < 4.78 is 35.5. The number of alkyl halides is 2. The van der Waals surface area contributed by atoms with E-state index in [4.69, 9.17) is 4.42 Å². The van der Waals surface area contributed by atoms with Crippen LogP contribution in [0.1, 0.15) is 89.5 Å². The third kappa shape index (κ3) is 7.97. The molecule has 0 bridgehead atoms. The number of piperidine rings is 2. The van der Waals surface area contributed by atoms with Gasteiger partial charge in [0.05, 0.1) is 24.8 Å². The van der Waals surface area contributed by atoms with Crippen LogP contribution < -0.4 is 20.9 Å². The fraction of sp³-hybridized carbons (Fsp3) is 0.475. The van der Waals surface area contributed by atoms with E-state index in [1.54, 1.807) is 23.0 Å². The minimum Gasteiger partial charge on any atom is -0.444 e. The number of oxazole rings is 1. The van der Waals surface area contributed by atoms with E-state index in [-0.39, 0.29) is 54.6 Å². The summed E-state index contributed by atoms with van der Waals surface area (Å²) in [6.07, 6.45) is 7.55. The maximum atomic E-state index is 14.2. The normalized spacial score (nSPS) is 19.6. The number of carbonyl (C=O) groups excluding carboxylic acids is 4. The SMILES string of the molecule is O=C1CCN(N2Cc3cc(N4CCC(CN5CCC(n6cc(NC(=O)c7coc(-c8ccnc(NCC9CC9)c8)n7)c(C(F)F)n6)CC5)CC4)ccc3C2=O)C(=O)N1. The Balaban J connectivity index is 0.753. The number of likely N-dealkylation sites (tertiary alicyclic amines) is 1. The van der Waals surface area contributed by atoms with Crippen molar-refractivity contribution in [2.75, 3.05) is 61.3 Å². The third-order valence-electron chi connectivity index (χ3n) is 11.9. The molecule has 3 saturated heterocycles. The smallest absolute Gasteiger partial charge is 0.342 e. The van der Waals surface area contributed by atoms with Gasteiger partial charge < -0.3 is 24.9 Å². The van der Waals surface area contributed by atoms with Gasteiger partial charge in [-0.2, -0.15) is 5.10 Å². The molecular weight excluding hydrogens is 753 g/mol. The van der Waals surface area contributed by atoms with Crippen molar-refractivity contribution in [2.45, 2.75) is 64.0 Å². The lowest BCUT2D eigenvalue weighted by molar-refractivity contribution is -0.123. The number of aromatic nitrogens is 4. The maximum absolute atomic E-state index is 14.2. The molecule has 5 amide bonds. The Morgan fingerprint density at radius 2 is 1.76 bits per heavy atom. The highest BCUT2D eigenvalue weighted by Gasteiger charge is 2.37. The van der Waals surface area contributed by atoms with Crippen molar-refractivity contribution < 1.29 is 32.4 Å². The molecule has 7 heterocycles. The quantitative estimate of drug-likeness (QED) is 0.170. The Morgan fingerprint density at radius 3 is 2.52 bits per heavy atom. The van der Waals surface area contributed by atoms with Gasteiger partial charge >= 0.3 is 6.03 Å². The first-order chi connectivity index (χ1) is 28.1. The van der Waals surface area contributed by atoms with Crippen molar-refractivity contribution in [1.29, 1.82) is 0 Å². The number of hydrazine groups is 1. The Bertz CT molecular complexity index is 2210. The molecule has 58 heavy (non-hydrogen) atoms. The van der Waals surface area contributed by atoms with Crippen molar-refractivity contribution in [3.05, 3.63) is 71.5 Å². The van der Waals surface area contributed by atoms with E-state index in [1.165, 1.54) is 35.3 Å². The van der Waals surface area contributed by atoms with Crippen molar-refractivity contribution in [1.82, 2.24) is 40.0 Å². The molecule has 0 atom stereocenters. The summed E-state index contributed by atoms with van der Waals surface area (Å²) in [5, 5.41) is 15.1. The fourth-order valence-corrected chi connectivity index (χ4v) is 8.35. The van der Waals surface area contributed by atoms with Gasteiger partial charge in [-0.1, -0.05) is 0 Å². The number of fused-ring (bicyclic) bond motifs is 1. The van der Waals surface area contributed by atoms with E-state index >= 15 is 0 Å². The standard InChI is InChI=1S/C40H45F2N11O5/c41-36(42)35-31(45-37(55)32-23-58-38(46-32)26-5-11-43-33(18-26)44-19-24-1-2-24)22-51(48-35)28-8-12-49(13-9-28)20-25-6-14-50(15-7-25)29-3-4-30-27(17-29)21-53(39(30)56)52-16-10-34(54)47-40(52)57/h3-5,11,17-18,22-25,28,36H,1-2,6-10,12-16,19-21H2,(H,43,44)(H,45,55)(H,47,54,57). The molecule has 1 saturated carbocycles. The van der Waals surface area contributed by atoms with Gasteiger partial charge in [-0.15, -0.1) is 0 Å². The molecular formula is C40H45F2N11O5. The van der Waals surface area contributed by atoms with Crippen LogP contribution in [0.2, 0.25) is 0 Å². The largest absolute Gasteiger partial charge is 0.444 e. The Morgan fingerprint density at radius 1 is 0.948 bits per heavy atom. The fourth-order valence-electron chi connectivity index (χ4n) is 8.35. The van der Waals surface area contributed by atoms with Crippen LogP contribution in [-0.4, -0.2) is 104 Å². The van der Waals surface area contributed by atoms with Gasteiger partial charge in [-0.05, 0) is 86.3 Å². The highest BCUT2D eigenvalue weighted by molar-refractivity contribution is 6.03. The Kier molecular flexibility index (Phi) is 10.3. The second-order valence-corrected chi connectivity index (χ2v) is 15.8. The molecule has 1 aliphatic carbocycles. The average molecular weight is 798 g/mol. The number of rotatable bonds is 12. The predicted molar refractivity (Wildman–Crippen MR) is 207 cm³/mol. The predicted octanol–water partition coefficient (Wildman–Crippen LogP) is 5.31. The Hall–Kier alpha value is -5.91. The number of urea groups is 1. The summed E-state index contributed by atoms with van der Waals surface area (Å²) >= 11 is 0. The molecule has 3 N–H and O–H groups in total. The zero-order chi connectivity index (χ0) is 39.9. The Labute approximate surface area is 332 Å². The monoisotopic (exact) mass is 797 g/mol. The van der Waals surface area contributed by atoms with E-state index in [2.05, 4.69) is 40.8 Å². The lowest BCUT2D eigenvalue weighted by atomic mass is 9.94. The lowest BCUT2D eigenvalue weighted by Crippen LogP contribution is -2.56. The first-order valence-corrected chi connectivity index (χ1v) is 20.0. The molecule has 4 aliphatic heterocycles. The van der Waals surface area contributed by atoms with E-state index in [9.17, 15) is 28.0 Å². The van der Waals surface area contributed by atoms with Crippen LogP contribution in [0.3, 0.4) is 0 Å². The van der Waals surface area contributed by atoms with Gasteiger partial charge in [0.1, 0.15) is 12.1 Å². The van der Waals surface area contributed by atoms with Crippen molar-refractivity contribution >= 4 is 40.9 Å². The molecule has 3 aromatic heterocycles. The number of anilines is 3. The summed E-state index contributed by atoms with van der Waals surface area (Å²) in [6, 6.07) is 8.70. The molecule has 0 radical (unpaired) electrons. The summed E-state index contributed by atoms with van der Waals surface area (Å²) in [6.45, 7) is 5.63. The van der Waals surface area contributed by atoms with Crippen LogP contribution in [0.5, 0.6) is 0 Å². The van der Waals surface area contributed by atoms with Gasteiger partial charge in [0.15, 0.2) is 11.4 Å². The molecule has 1 aromatic carbocycles. The van der Waals surface area contributed by atoms with Gasteiger partial charge in [-0.3, -0.25) is 24.4 Å². The second-order valence-electron chi connectivity index (χ2n) is 15.8. The number of nitrogens with one attached hydrogen (secondary N) is 3. The number of carbonyl (C=O) groups is 4. The molecule has 0 spiro atoms. The van der Waals surface area contributed by atoms with E-state index in [0.717, 1.165) is 76.2 Å². The zero-order valence-electron chi connectivity index (χ0n) is 31.9. The van der Waals surface area contributed by atoms with Crippen LogP contribution in [-0.2, 0) is 11.3 Å². The molecule has 304 valence electrons. The molecule has 4 aromatic rings. The van der Waals surface area contributed by atoms with E-state index < -0.39 is 24.1 Å². The summed E-state index contributed by atoms with van der Waals surface area (Å²) in [4.78, 5) is 63.6. The van der Waals surface area contributed by atoms with Crippen LogP contribution in [0.4, 0.5) is 30.8 Å². The maximum Gasteiger partial charge on any atom is 0.342 e. The third-order valence-corrected chi connectivity index (χ3v) is 11.9. The number of imide groups is 1. The molecule has 0 unspecified atom stereocenters. The van der Waals surface area contributed by atoms with Crippen LogP contribution in [0, 0.1) is 11.8 Å². The highest BCUT2D eigenvalue weighted by atomic mass is 19.3. The lowest BCUT2D eigenvalue weighted by Gasteiger charge is -2.38. The van der Waals surface area contributed by atoms with Gasteiger partial charge in [0.2, 0.25) is 11.8 Å². The summed E-state index contributed by atoms with van der Waals surface area (Å²) in [5.41, 5.74) is 2.56. The molecule has 9 rings (SSSR count). The number of hydrogen-bond donors (Lipinski definition) is 3. The van der Waals surface area contributed by atoms with Crippen molar-refractivity contribution in [3.63, 3.8) is 0 Å². The molecule has 16 nitrogen and oxygen atoms in total. The summed E-state index contributed by atoms with van der Waals surface area (Å²) in [5.74, 6) is 0.839. The van der Waals surface area contributed by atoms with Crippen LogP contribution in [0.15, 0.2) is 53.4 Å². The number of amides is 5. The highest BCUT2D eigenvalue weighted by Crippen LogP contribution is 2.34. The first-order valence-electron chi connectivity index (χ1n) is 20.0. The topological polar surface area (TPSA) is 174 Å². The van der Waals surface area contributed by atoms with Crippen molar-refractivity contribution in [3.8, 4) is 11.5 Å². The minimum absolute atomic E-state index is 0.0353.